The van der Waals surface area contributed by atoms with Crippen LogP contribution in [0.2, 0.25) is 0 Å². The Kier molecular flexibility index (Phi) is 8.85. The largest absolute Gasteiger partial charge is 0.545 e. The fourth-order valence-corrected chi connectivity index (χ4v) is 7.18. The van der Waals surface area contributed by atoms with Gasteiger partial charge in [0, 0.05) is 28.2 Å². The lowest BCUT2D eigenvalue weighted by Crippen LogP contribution is -2.26. The van der Waals surface area contributed by atoms with Gasteiger partial charge in [-0.05, 0) is 117 Å². The number of carbonyl (C=O) groups excluding carboxylic acids is 1. The molecule has 2 fully saturated rings. The maximum Gasteiger partial charge on any atom is 0.128 e. The molecule has 41 heavy (non-hydrogen) atoms. The van der Waals surface area contributed by atoms with Gasteiger partial charge < -0.3 is 19.4 Å². The molecule has 0 atom stereocenters. The molecule has 4 aromatic rings. The summed E-state index contributed by atoms with van der Waals surface area (Å²) in [5.74, 6) is 0.0456. The minimum Gasteiger partial charge on any atom is -0.545 e. The summed E-state index contributed by atoms with van der Waals surface area (Å²) >= 11 is 1.69. The van der Waals surface area contributed by atoms with Crippen molar-refractivity contribution in [1.82, 2.24) is 9.80 Å². The zero-order chi connectivity index (χ0) is 28.0. The van der Waals surface area contributed by atoms with E-state index in [-0.39, 0.29) is 5.56 Å². The number of aromatic carboxylic acids is 1. The van der Waals surface area contributed by atoms with Crippen molar-refractivity contribution in [3.05, 3.63) is 83.4 Å². The third-order valence-corrected chi connectivity index (χ3v) is 9.47. The lowest BCUT2D eigenvalue weighted by atomic mass is 9.98. The third kappa shape index (κ3) is 6.75. The van der Waals surface area contributed by atoms with Crippen LogP contribution >= 0.6 is 11.3 Å². The molecule has 2 aliphatic heterocycles. The van der Waals surface area contributed by atoms with Gasteiger partial charge in [-0.3, -0.25) is 9.80 Å². The van der Waals surface area contributed by atoms with E-state index >= 15 is 0 Å². The molecule has 0 unspecified atom stereocenters. The molecule has 6 rings (SSSR count). The SMILES string of the molecule is O=C([O-])c1cc(-c2sc3ccccc3c2Cc2ccc(OCCN3CCCC3)cc2)ccc1OCCN1CCCC1. The van der Waals surface area contributed by atoms with E-state index in [1.165, 1.54) is 60.0 Å². The molecule has 0 amide bonds. The van der Waals surface area contributed by atoms with Crippen molar-refractivity contribution < 1.29 is 19.4 Å². The van der Waals surface area contributed by atoms with Gasteiger partial charge in [0.15, 0.2) is 0 Å². The number of benzene rings is 3. The third-order valence-electron chi connectivity index (χ3n) is 8.20. The standard InChI is InChI=1S/C34H38N2O4S/c37-34(38)30-24-26(11-14-31(30)40-22-20-36-17-5-6-18-36)33-29(28-7-1-2-8-32(28)41-33)23-25-9-12-27(13-10-25)39-21-19-35-15-3-4-16-35/h1-2,7-14,24H,3-6,15-23H2,(H,37,38)/p-1. The molecule has 7 heteroatoms. The van der Waals surface area contributed by atoms with E-state index in [2.05, 4.69) is 52.3 Å². The Balaban J connectivity index is 1.20. The van der Waals surface area contributed by atoms with E-state index < -0.39 is 5.97 Å². The minimum absolute atomic E-state index is 0.0998. The van der Waals surface area contributed by atoms with E-state index in [1.54, 1.807) is 23.5 Å². The minimum atomic E-state index is -1.22. The van der Waals surface area contributed by atoms with Crippen molar-refractivity contribution in [2.24, 2.45) is 0 Å². The van der Waals surface area contributed by atoms with E-state index in [1.807, 2.05) is 12.1 Å². The zero-order valence-electron chi connectivity index (χ0n) is 23.5. The summed E-state index contributed by atoms with van der Waals surface area (Å²) in [5.41, 5.74) is 3.35. The topological polar surface area (TPSA) is 65.1 Å². The fourth-order valence-electron chi connectivity index (χ4n) is 5.96. The van der Waals surface area contributed by atoms with Crippen molar-refractivity contribution in [3.8, 4) is 21.9 Å². The summed E-state index contributed by atoms with van der Waals surface area (Å²) in [6.07, 6.45) is 5.75. The molecule has 0 spiro atoms. The van der Waals surface area contributed by atoms with Crippen LogP contribution in [-0.4, -0.2) is 68.3 Å². The summed E-state index contributed by atoms with van der Waals surface area (Å²) in [6.45, 7) is 7.47. The number of carbonyl (C=O) groups is 1. The van der Waals surface area contributed by atoms with Crippen LogP contribution in [-0.2, 0) is 6.42 Å². The maximum atomic E-state index is 12.1. The molecular weight excluding hydrogens is 532 g/mol. The second-order valence-corrected chi connectivity index (χ2v) is 12.1. The summed E-state index contributed by atoms with van der Waals surface area (Å²) in [5, 5.41) is 13.3. The maximum absolute atomic E-state index is 12.1. The second-order valence-electron chi connectivity index (χ2n) is 11.0. The Morgan fingerprint density at radius 1 is 0.805 bits per heavy atom. The van der Waals surface area contributed by atoms with E-state index in [4.69, 9.17) is 9.47 Å². The summed E-state index contributed by atoms with van der Waals surface area (Å²) in [7, 11) is 0. The first-order valence-electron chi connectivity index (χ1n) is 14.8. The van der Waals surface area contributed by atoms with Crippen LogP contribution in [0.15, 0.2) is 66.7 Å². The van der Waals surface area contributed by atoms with Gasteiger partial charge in [-0.1, -0.05) is 30.3 Å². The van der Waals surface area contributed by atoms with Crippen LogP contribution < -0.4 is 14.6 Å². The predicted molar refractivity (Wildman–Crippen MR) is 163 cm³/mol. The van der Waals surface area contributed by atoms with E-state index in [9.17, 15) is 9.90 Å². The number of carboxylic acids is 1. The Labute approximate surface area is 246 Å². The number of thiophene rings is 1. The molecule has 0 aliphatic carbocycles. The highest BCUT2D eigenvalue weighted by Gasteiger charge is 2.18. The van der Waals surface area contributed by atoms with Crippen molar-refractivity contribution in [2.75, 3.05) is 52.5 Å². The van der Waals surface area contributed by atoms with Gasteiger partial charge in [0.2, 0.25) is 0 Å². The number of fused-ring (bicyclic) bond motifs is 1. The Hall–Kier alpha value is -3.39. The van der Waals surface area contributed by atoms with E-state index in [0.29, 0.717) is 19.0 Å². The van der Waals surface area contributed by atoms with Crippen LogP contribution in [0.5, 0.6) is 11.5 Å². The van der Waals surface area contributed by atoms with Crippen molar-refractivity contribution in [3.63, 3.8) is 0 Å². The molecular formula is C34H37N2O4S-. The lowest BCUT2D eigenvalue weighted by Gasteiger charge is -2.17. The summed E-state index contributed by atoms with van der Waals surface area (Å²) in [4.78, 5) is 18.0. The molecule has 2 aliphatic rings. The number of ether oxygens (including phenoxy) is 2. The van der Waals surface area contributed by atoms with Crippen molar-refractivity contribution in [1.29, 1.82) is 0 Å². The molecule has 2 saturated heterocycles. The zero-order valence-corrected chi connectivity index (χ0v) is 24.3. The quantitative estimate of drug-likeness (QED) is 0.225. The van der Waals surface area contributed by atoms with Crippen LogP contribution in [0.3, 0.4) is 0 Å². The molecule has 1 aromatic heterocycles. The van der Waals surface area contributed by atoms with Gasteiger partial charge in [0.05, 0.1) is 5.97 Å². The Morgan fingerprint density at radius 2 is 1.46 bits per heavy atom. The molecule has 6 nitrogen and oxygen atoms in total. The number of rotatable bonds is 12. The number of hydrogen-bond donors (Lipinski definition) is 0. The van der Waals surface area contributed by atoms with Crippen molar-refractivity contribution >= 4 is 27.4 Å². The van der Waals surface area contributed by atoms with Gasteiger partial charge in [-0.2, -0.15) is 0 Å². The highest BCUT2D eigenvalue weighted by molar-refractivity contribution is 7.22. The van der Waals surface area contributed by atoms with Crippen molar-refractivity contribution in [2.45, 2.75) is 32.1 Å². The Bertz CT molecular complexity index is 1470. The highest BCUT2D eigenvalue weighted by atomic mass is 32.1. The first-order chi connectivity index (χ1) is 20.1. The van der Waals surface area contributed by atoms with Crippen LogP contribution in [0.4, 0.5) is 0 Å². The van der Waals surface area contributed by atoms with Gasteiger partial charge in [-0.25, -0.2) is 0 Å². The first-order valence-corrected chi connectivity index (χ1v) is 15.6. The lowest BCUT2D eigenvalue weighted by molar-refractivity contribution is -0.255. The normalized spacial score (nSPS) is 16.0. The van der Waals surface area contributed by atoms with E-state index in [0.717, 1.165) is 48.8 Å². The number of hydrogen-bond acceptors (Lipinski definition) is 7. The Morgan fingerprint density at radius 3 is 2.15 bits per heavy atom. The molecule has 3 heterocycles. The molecule has 214 valence electrons. The summed E-state index contributed by atoms with van der Waals surface area (Å²) < 4.78 is 13.1. The van der Waals surface area contributed by atoms with Crippen LogP contribution in [0, 0.1) is 0 Å². The first kappa shape index (κ1) is 27.8. The van der Waals surface area contributed by atoms with Crippen LogP contribution in [0.25, 0.3) is 20.5 Å². The molecule has 0 N–H and O–H groups in total. The number of likely N-dealkylation sites (tertiary alicyclic amines) is 2. The smallest absolute Gasteiger partial charge is 0.128 e. The molecule has 0 bridgehead atoms. The van der Waals surface area contributed by atoms with Gasteiger partial charge in [0.1, 0.15) is 24.7 Å². The average Bonchev–Trinajstić information content (AvgIpc) is 3.77. The fraction of sp³-hybridized carbons (Fsp3) is 0.382. The molecule has 3 aromatic carbocycles. The highest BCUT2D eigenvalue weighted by Crippen LogP contribution is 2.41. The number of nitrogens with zero attached hydrogens (tertiary/aromatic N) is 2. The second kappa shape index (κ2) is 13.1. The molecule has 0 saturated carbocycles. The summed E-state index contributed by atoms with van der Waals surface area (Å²) in [6, 6.07) is 22.2. The monoisotopic (exact) mass is 569 g/mol. The molecule has 0 radical (unpaired) electrons. The average molecular weight is 570 g/mol. The van der Waals surface area contributed by atoms with Gasteiger partial charge in [0.25, 0.3) is 0 Å². The number of carboxylic acid groups (broad SMARTS) is 1. The van der Waals surface area contributed by atoms with Crippen LogP contribution in [0.1, 0.15) is 47.2 Å². The van der Waals surface area contributed by atoms with Gasteiger partial charge in [-0.15, -0.1) is 11.3 Å². The predicted octanol–water partition coefficient (Wildman–Crippen LogP) is 5.47. The van der Waals surface area contributed by atoms with Gasteiger partial charge >= 0.3 is 0 Å².